The third-order valence-corrected chi connectivity index (χ3v) is 6.38. The molecule has 2 heterocycles. The number of hydrogen-bond donors (Lipinski definition) is 1. The summed E-state index contributed by atoms with van der Waals surface area (Å²) in [6.45, 7) is 3.22. The first-order valence-electron chi connectivity index (χ1n) is 7.31. The monoisotopic (exact) mass is 353 g/mol. The van der Waals surface area contributed by atoms with Crippen LogP contribution in [-0.2, 0) is 10.0 Å². The Bertz CT molecular complexity index is 775. The number of nitrogens with zero attached hydrogens (tertiary/aromatic N) is 2. The minimum absolute atomic E-state index is 0.106. The van der Waals surface area contributed by atoms with E-state index in [2.05, 4.69) is 14.6 Å². The molecular weight excluding hydrogens is 334 g/mol. The van der Waals surface area contributed by atoms with Crippen molar-refractivity contribution in [3.63, 3.8) is 0 Å². The number of thiazole rings is 1. The lowest BCUT2D eigenvalue weighted by Crippen LogP contribution is -2.37. The van der Waals surface area contributed by atoms with Gasteiger partial charge in [0.1, 0.15) is 5.75 Å². The lowest BCUT2D eigenvalue weighted by Gasteiger charge is -2.17. The molecule has 0 aliphatic carbocycles. The predicted molar refractivity (Wildman–Crippen MR) is 90.8 cm³/mol. The Morgan fingerprint density at radius 3 is 2.91 bits per heavy atom. The summed E-state index contributed by atoms with van der Waals surface area (Å²) < 4.78 is 33.2. The fourth-order valence-electron chi connectivity index (χ4n) is 2.74. The summed E-state index contributed by atoms with van der Waals surface area (Å²) in [7, 11) is -1.98. The first-order valence-corrected chi connectivity index (χ1v) is 9.67. The molecular formula is C15H19N3O3S2. The van der Waals surface area contributed by atoms with E-state index in [0.29, 0.717) is 22.8 Å². The van der Waals surface area contributed by atoms with Crippen LogP contribution in [0.25, 0.3) is 0 Å². The molecule has 124 valence electrons. The van der Waals surface area contributed by atoms with Crippen molar-refractivity contribution in [1.29, 1.82) is 0 Å². The standard InChI is InChI=1S/C15H19N3O3S2/c1-11-9-13(21-2)3-4-14(11)23(19,20)17-12-5-7-18(10-12)15-16-6-8-22-15/h3-4,6,8-9,12,17H,5,7,10H2,1-2H3. The number of methoxy groups -OCH3 is 1. The van der Waals surface area contributed by atoms with Crippen LogP contribution in [-0.4, -0.2) is 39.6 Å². The predicted octanol–water partition coefficient (Wildman–Crippen LogP) is 2.02. The maximum Gasteiger partial charge on any atom is 0.241 e. The third-order valence-electron chi connectivity index (χ3n) is 3.87. The van der Waals surface area contributed by atoms with Crippen LogP contribution >= 0.6 is 11.3 Å². The molecule has 8 heteroatoms. The number of aromatic nitrogens is 1. The molecule has 1 aromatic carbocycles. The molecule has 1 N–H and O–H groups in total. The fraction of sp³-hybridized carbons (Fsp3) is 0.400. The van der Waals surface area contributed by atoms with E-state index in [9.17, 15) is 8.42 Å². The maximum absolute atomic E-state index is 12.6. The van der Waals surface area contributed by atoms with E-state index in [0.717, 1.165) is 18.1 Å². The molecule has 1 aliphatic rings. The van der Waals surface area contributed by atoms with Crippen LogP contribution in [0.3, 0.4) is 0 Å². The molecule has 1 unspecified atom stereocenters. The minimum atomic E-state index is -3.54. The van der Waals surface area contributed by atoms with Gasteiger partial charge < -0.3 is 9.64 Å². The molecule has 1 aliphatic heterocycles. The molecule has 1 saturated heterocycles. The first-order chi connectivity index (χ1) is 11.0. The van der Waals surface area contributed by atoms with E-state index >= 15 is 0 Å². The van der Waals surface area contributed by atoms with Crippen molar-refractivity contribution in [1.82, 2.24) is 9.71 Å². The molecule has 0 bridgehead atoms. The van der Waals surface area contributed by atoms with Crippen LogP contribution in [0.1, 0.15) is 12.0 Å². The Hall–Kier alpha value is -1.64. The number of hydrogen-bond acceptors (Lipinski definition) is 6. The van der Waals surface area contributed by atoms with Gasteiger partial charge in [0.2, 0.25) is 10.0 Å². The smallest absolute Gasteiger partial charge is 0.241 e. The summed E-state index contributed by atoms with van der Waals surface area (Å²) >= 11 is 1.57. The second-order valence-electron chi connectivity index (χ2n) is 5.50. The van der Waals surface area contributed by atoms with Crippen LogP contribution in [0.15, 0.2) is 34.7 Å². The maximum atomic E-state index is 12.6. The van der Waals surface area contributed by atoms with E-state index in [1.54, 1.807) is 49.8 Å². The third kappa shape index (κ3) is 3.49. The fourth-order valence-corrected chi connectivity index (χ4v) is 4.90. The van der Waals surface area contributed by atoms with Crippen molar-refractivity contribution >= 4 is 26.5 Å². The second kappa shape index (κ2) is 6.46. The molecule has 1 fully saturated rings. The number of anilines is 1. The normalized spacial score (nSPS) is 18.3. The van der Waals surface area contributed by atoms with Crippen molar-refractivity contribution in [2.24, 2.45) is 0 Å². The van der Waals surface area contributed by atoms with Gasteiger partial charge in [0.25, 0.3) is 0 Å². The Morgan fingerprint density at radius 2 is 2.26 bits per heavy atom. The molecule has 3 rings (SSSR count). The molecule has 0 spiro atoms. The van der Waals surface area contributed by atoms with Gasteiger partial charge in [-0.05, 0) is 37.1 Å². The Labute approximate surface area is 140 Å². The highest BCUT2D eigenvalue weighted by molar-refractivity contribution is 7.89. The second-order valence-corrected chi connectivity index (χ2v) is 8.05. The van der Waals surface area contributed by atoms with E-state index < -0.39 is 10.0 Å². The van der Waals surface area contributed by atoms with Gasteiger partial charge in [-0.15, -0.1) is 11.3 Å². The van der Waals surface area contributed by atoms with Gasteiger partial charge >= 0.3 is 0 Å². The van der Waals surface area contributed by atoms with Gasteiger partial charge in [0, 0.05) is 30.7 Å². The summed E-state index contributed by atoms with van der Waals surface area (Å²) in [5, 5.41) is 2.86. The van der Waals surface area contributed by atoms with Crippen LogP contribution in [0.5, 0.6) is 5.75 Å². The van der Waals surface area contributed by atoms with Gasteiger partial charge in [0.05, 0.1) is 12.0 Å². The number of ether oxygens (including phenoxy) is 1. The van der Waals surface area contributed by atoms with Crippen LogP contribution in [0, 0.1) is 6.92 Å². The molecule has 0 radical (unpaired) electrons. The van der Waals surface area contributed by atoms with Gasteiger partial charge in [0.15, 0.2) is 5.13 Å². The summed E-state index contributed by atoms with van der Waals surface area (Å²) in [5.41, 5.74) is 0.673. The Kier molecular flexibility index (Phi) is 4.56. The zero-order chi connectivity index (χ0) is 16.4. The molecule has 1 aromatic heterocycles. The molecule has 23 heavy (non-hydrogen) atoms. The molecule has 6 nitrogen and oxygen atoms in total. The highest BCUT2D eigenvalue weighted by Gasteiger charge is 2.29. The van der Waals surface area contributed by atoms with Crippen LogP contribution in [0.4, 0.5) is 5.13 Å². The van der Waals surface area contributed by atoms with Crippen LogP contribution < -0.4 is 14.4 Å². The summed E-state index contributed by atoms with van der Waals surface area (Å²) in [5.74, 6) is 0.650. The molecule has 0 amide bonds. The van der Waals surface area contributed by atoms with E-state index in [4.69, 9.17) is 4.74 Å². The minimum Gasteiger partial charge on any atom is -0.497 e. The number of nitrogens with one attached hydrogen (secondary N) is 1. The molecule has 2 aromatic rings. The van der Waals surface area contributed by atoms with E-state index in [1.807, 2.05) is 5.38 Å². The zero-order valence-electron chi connectivity index (χ0n) is 13.0. The van der Waals surface area contributed by atoms with Crippen molar-refractivity contribution < 1.29 is 13.2 Å². The van der Waals surface area contributed by atoms with Crippen LogP contribution in [0.2, 0.25) is 0 Å². The molecule has 1 atom stereocenters. The first kappa shape index (κ1) is 16.2. The summed E-state index contributed by atoms with van der Waals surface area (Å²) in [6, 6.07) is 4.87. The average molecular weight is 353 g/mol. The topological polar surface area (TPSA) is 71.5 Å². The highest BCUT2D eigenvalue weighted by Crippen LogP contribution is 2.25. The van der Waals surface area contributed by atoms with Crippen molar-refractivity contribution in [2.75, 3.05) is 25.1 Å². The number of rotatable bonds is 5. The number of sulfonamides is 1. The quantitative estimate of drug-likeness (QED) is 0.890. The zero-order valence-corrected chi connectivity index (χ0v) is 14.7. The lowest BCUT2D eigenvalue weighted by atomic mass is 10.2. The summed E-state index contributed by atoms with van der Waals surface area (Å²) in [4.78, 5) is 6.68. The number of aryl methyl sites for hydroxylation is 1. The Morgan fingerprint density at radius 1 is 1.43 bits per heavy atom. The SMILES string of the molecule is COc1ccc(S(=O)(=O)NC2CCN(c3nccs3)C2)c(C)c1. The van der Waals surface area contributed by atoms with Gasteiger partial charge in [-0.2, -0.15) is 0 Å². The van der Waals surface area contributed by atoms with Crippen molar-refractivity contribution in [3.8, 4) is 5.75 Å². The highest BCUT2D eigenvalue weighted by atomic mass is 32.2. The average Bonchev–Trinajstić information content (AvgIpc) is 3.17. The van der Waals surface area contributed by atoms with E-state index in [-0.39, 0.29) is 6.04 Å². The van der Waals surface area contributed by atoms with Gasteiger partial charge in [-0.25, -0.2) is 18.1 Å². The van der Waals surface area contributed by atoms with Crippen molar-refractivity contribution in [3.05, 3.63) is 35.3 Å². The van der Waals surface area contributed by atoms with Gasteiger partial charge in [-0.1, -0.05) is 0 Å². The lowest BCUT2D eigenvalue weighted by molar-refractivity contribution is 0.414. The Balaban J connectivity index is 1.72. The van der Waals surface area contributed by atoms with Gasteiger partial charge in [-0.3, -0.25) is 0 Å². The summed E-state index contributed by atoms with van der Waals surface area (Å²) in [6.07, 6.45) is 2.53. The van der Waals surface area contributed by atoms with Crippen molar-refractivity contribution in [2.45, 2.75) is 24.3 Å². The largest absolute Gasteiger partial charge is 0.497 e. The number of benzene rings is 1. The van der Waals surface area contributed by atoms with E-state index in [1.165, 1.54) is 0 Å². The molecule has 0 saturated carbocycles.